The Kier molecular flexibility index (Phi) is 5.26. The number of anilines is 1. The van der Waals surface area contributed by atoms with Crippen LogP contribution < -0.4 is 11.1 Å². The molecule has 19 heavy (non-hydrogen) atoms. The maximum absolute atomic E-state index is 11.7. The van der Waals surface area contributed by atoms with Gasteiger partial charge in [-0.2, -0.15) is 0 Å². The van der Waals surface area contributed by atoms with Crippen LogP contribution in [0, 0.1) is 23.0 Å². The first-order valence-electron chi connectivity index (χ1n) is 5.79. The van der Waals surface area contributed by atoms with E-state index in [1.54, 1.807) is 6.92 Å². The summed E-state index contributed by atoms with van der Waals surface area (Å²) in [4.78, 5) is 21.9. The number of nitro groups is 1. The van der Waals surface area contributed by atoms with Crippen molar-refractivity contribution in [2.75, 3.05) is 11.9 Å². The van der Waals surface area contributed by atoms with E-state index in [1.165, 1.54) is 12.1 Å². The van der Waals surface area contributed by atoms with Crippen LogP contribution in [0.15, 0.2) is 12.1 Å². The van der Waals surface area contributed by atoms with Crippen molar-refractivity contribution in [2.45, 2.75) is 20.3 Å². The third-order valence-electron chi connectivity index (χ3n) is 2.70. The number of amides is 1. The summed E-state index contributed by atoms with van der Waals surface area (Å²) in [6.45, 7) is 3.97. The number of nitrogens with zero attached hydrogens (tertiary/aromatic N) is 1. The van der Waals surface area contributed by atoms with Crippen molar-refractivity contribution in [3.8, 4) is 0 Å². The zero-order valence-electron chi connectivity index (χ0n) is 10.8. The molecule has 0 heterocycles. The Morgan fingerprint density at radius 1 is 1.58 bits per heavy atom. The minimum atomic E-state index is -0.558. The van der Waals surface area contributed by atoms with Gasteiger partial charge in [-0.3, -0.25) is 14.9 Å². The van der Waals surface area contributed by atoms with Gasteiger partial charge in [0.15, 0.2) is 0 Å². The minimum absolute atomic E-state index is 0.00206. The molecule has 104 valence electrons. The lowest BCUT2D eigenvalue weighted by Gasteiger charge is -2.11. The first-order chi connectivity index (χ1) is 8.85. The van der Waals surface area contributed by atoms with Crippen molar-refractivity contribution in [1.29, 1.82) is 0 Å². The maximum Gasteiger partial charge on any atom is 0.288 e. The number of carbonyl (C=O) groups excluding carboxylic acids is 1. The average Bonchev–Trinajstić information content (AvgIpc) is 2.32. The molecule has 0 aliphatic carbocycles. The van der Waals surface area contributed by atoms with E-state index in [4.69, 9.17) is 17.3 Å². The molecule has 0 aliphatic rings. The van der Waals surface area contributed by atoms with Crippen LogP contribution in [-0.4, -0.2) is 17.4 Å². The number of carbonyl (C=O) groups is 1. The predicted octanol–water partition coefficient (Wildman–Crippen LogP) is 2.48. The number of aryl methyl sites for hydroxylation is 1. The van der Waals surface area contributed by atoms with Crippen LogP contribution in [-0.2, 0) is 4.79 Å². The van der Waals surface area contributed by atoms with E-state index >= 15 is 0 Å². The molecule has 0 aromatic heterocycles. The first kappa shape index (κ1) is 15.4. The Morgan fingerprint density at radius 3 is 2.74 bits per heavy atom. The fraction of sp³-hybridized carbons (Fsp3) is 0.417. The molecule has 1 unspecified atom stereocenters. The topological polar surface area (TPSA) is 98.3 Å². The molecule has 1 aromatic rings. The fourth-order valence-corrected chi connectivity index (χ4v) is 1.77. The summed E-state index contributed by atoms with van der Waals surface area (Å²) >= 11 is 5.80. The summed E-state index contributed by atoms with van der Waals surface area (Å²) in [7, 11) is 0. The van der Waals surface area contributed by atoms with Gasteiger partial charge >= 0.3 is 0 Å². The molecule has 1 amide bonds. The summed E-state index contributed by atoms with van der Waals surface area (Å²) in [6, 6.07) is 2.73. The Labute approximate surface area is 116 Å². The number of hydrogen-bond acceptors (Lipinski definition) is 4. The number of benzene rings is 1. The second kappa shape index (κ2) is 6.49. The van der Waals surface area contributed by atoms with E-state index in [9.17, 15) is 14.9 Å². The van der Waals surface area contributed by atoms with Gasteiger partial charge < -0.3 is 11.1 Å². The van der Waals surface area contributed by atoms with Gasteiger partial charge in [-0.15, -0.1) is 0 Å². The molecule has 1 rings (SSSR count). The van der Waals surface area contributed by atoms with Crippen LogP contribution in [0.3, 0.4) is 0 Å². The smallest absolute Gasteiger partial charge is 0.288 e. The molecule has 0 bridgehead atoms. The highest BCUT2D eigenvalue weighted by molar-refractivity contribution is 6.33. The molecule has 0 saturated carbocycles. The van der Waals surface area contributed by atoms with Crippen LogP contribution in [0.5, 0.6) is 0 Å². The monoisotopic (exact) mass is 285 g/mol. The molecule has 1 atom stereocenters. The van der Waals surface area contributed by atoms with Crippen LogP contribution >= 0.6 is 11.6 Å². The zero-order chi connectivity index (χ0) is 14.6. The van der Waals surface area contributed by atoms with Crippen LogP contribution in [0.25, 0.3) is 0 Å². The third-order valence-corrected chi connectivity index (χ3v) is 3.00. The SMILES string of the molecule is Cc1cc([N+](=O)[O-])c(Cl)cc1NC(=O)CC(C)CN. The molecule has 3 N–H and O–H groups in total. The number of hydrogen-bond donors (Lipinski definition) is 2. The van der Waals surface area contributed by atoms with Gasteiger partial charge in [-0.05, 0) is 31.0 Å². The summed E-state index contributed by atoms with van der Waals surface area (Å²) in [6.07, 6.45) is 0.296. The average molecular weight is 286 g/mol. The number of halogens is 1. The van der Waals surface area contributed by atoms with Crippen molar-refractivity contribution in [1.82, 2.24) is 0 Å². The molecule has 1 aromatic carbocycles. The summed E-state index contributed by atoms with van der Waals surface area (Å²) in [5.41, 5.74) is 6.34. The lowest BCUT2D eigenvalue weighted by atomic mass is 10.1. The maximum atomic E-state index is 11.7. The Balaban J connectivity index is 2.88. The lowest BCUT2D eigenvalue weighted by Crippen LogP contribution is -2.20. The molecule has 0 spiro atoms. The summed E-state index contributed by atoms with van der Waals surface area (Å²) < 4.78 is 0. The van der Waals surface area contributed by atoms with Crippen molar-refractivity contribution >= 4 is 28.9 Å². The highest BCUT2D eigenvalue weighted by atomic mass is 35.5. The number of nitrogens with two attached hydrogens (primary N) is 1. The Bertz CT molecular complexity index is 505. The molecule has 0 saturated heterocycles. The van der Waals surface area contributed by atoms with Crippen molar-refractivity contribution in [3.63, 3.8) is 0 Å². The number of rotatable bonds is 5. The quantitative estimate of drug-likeness (QED) is 0.641. The molecule has 7 heteroatoms. The van der Waals surface area contributed by atoms with Gasteiger partial charge in [-0.25, -0.2) is 0 Å². The number of nitro benzene ring substituents is 1. The van der Waals surface area contributed by atoms with Gasteiger partial charge in [0.2, 0.25) is 5.91 Å². The van der Waals surface area contributed by atoms with Crippen LogP contribution in [0.2, 0.25) is 5.02 Å². The van der Waals surface area contributed by atoms with E-state index in [0.717, 1.165) is 0 Å². The van der Waals surface area contributed by atoms with Gasteiger partial charge in [0.1, 0.15) is 5.02 Å². The lowest BCUT2D eigenvalue weighted by molar-refractivity contribution is -0.384. The van der Waals surface area contributed by atoms with E-state index < -0.39 is 4.92 Å². The second-order valence-corrected chi connectivity index (χ2v) is 4.88. The van der Waals surface area contributed by atoms with E-state index in [0.29, 0.717) is 24.2 Å². The Morgan fingerprint density at radius 2 is 2.21 bits per heavy atom. The van der Waals surface area contributed by atoms with E-state index in [-0.39, 0.29) is 22.5 Å². The van der Waals surface area contributed by atoms with Gasteiger partial charge in [-0.1, -0.05) is 18.5 Å². The van der Waals surface area contributed by atoms with Crippen molar-refractivity contribution in [3.05, 3.63) is 32.8 Å². The normalized spacial score (nSPS) is 12.0. The first-order valence-corrected chi connectivity index (χ1v) is 6.17. The van der Waals surface area contributed by atoms with Crippen LogP contribution in [0.4, 0.5) is 11.4 Å². The standard InChI is InChI=1S/C12H16ClN3O3/c1-7(6-14)3-12(17)15-10-5-9(13)11(16(18)19)4-8(10)2/h4-5,7H,3,6,14H2,1-2H3,(H,15,17). The molecule has 0 fully saturated rings. The third kappa shape index (κ3) is 4.18. The van der Waals surface area contributed by atoms with Crippen LogP contribution in [0.1, 0.15) is 18.9 Å². The zero-order valence-corrected chi connectivity index (χ0v) is 11.5. The van der Waals surface area contributed by atoms with Gasteiger partial charge in [0, 0.05) is 18.2 Å². The van der Waals surface area contributed by atoms with E-state index in [1.807, 2.05) is 6.92 Å². The second-order valence-electron chi connectivity index (χ2n) is 4.47. The van der Waals surface area contributed by atoms with Gasteiger partial charge in [0.25, 0.3) is 5.69 Å². The summed E-state index contributed by atoms with van der Waals surface area (Å²) in [5.74, 6) is -0.111. The van der Waals surface area contributed by atoms with Gasteiger partial charge in [0.05, 0.1) is 4.92 Å². The summed E-state index contributed by atoms with van der Waals surface area (Å²) in [5, 5.41) is 13.4. The molecule has 0 radical (unpaired) electrons. The Hall–Kier alpha value is -1.66. The van der Waals surface area contributed by atoms with Crippen molar-refractivity contribution < 1.29 is 9.72 Å². The van der Waals surface area contributed by atoms with E-state index in [2.05, 4.69) is 5.32 Å². The predicted molar refractivity (Wildman–Crippen MR) is 74.3 cm³/mol. The number of nitrogens with one attached hydrogen (secondary N) is 1. The molecule has 6 nitrogen and oxygen atoms in total. The largest absolute Gasteiger partial charge is 0.330 e. The molecular weight excluding hydrogens is 270 g/mol. The molecule has 0 aliphatic heterocycles. The fourth-order valence-electron chi connectivity index (χ4n) is 1.54. The highest BCUT2D eigenvalue weighted by Gasteiger charge is 2.16. The van der Waals surface area contributed by atoms with Crippen molar-refractivity contribution in [2.24, 2.45) is 11.7 Å². The molecular formula is C12H16ClN3O3. The minimum Gasteiger partial charge on any atom is -0.330 e. The highest BCUT2D eigenvalue weighted by Crippen LogP contribution is 2.30.